The number of nitrogens with zero attached hydrogens (tertiary/aromatic N) is 3. The van der Waals surface area contributed by atoms with Crippen molar-refractivity contribution >= 4 is 17.4 Å². The Morgan fingerprint density at radius 3 is 2.96 bits per heavy atom. The van der Waals surface area contributed by atoms with Crippen molar-refractivity contribution in [1.82, 2.24) is 9.88 Å². The fourth-order valence-corrected chi connectivity index (χ4v) is 4.16. The molecule has 5 heteroatoms. The van der Waals surface area contributed by atoms with Crippen LogP contribution in [0.2, 0.25) is 0 Å². The monoisotopic (exact) mass is 351 g/mol. The van der Waals surface area contributed by atoms with E-state index in [2.05, 4.69) is 28.1 Å². The number of fused-ring (bicyclic) bond motifs is 1. The molecule has 1 N–H and O–H groups in total. The van der Waals surface area contributed by atoms with Crippen LogP contribution in [-0.2, 0) is 6.42 Å². The van der Waals surface area contributed by atoms with E-state index in [1.54, 1.807) is 12.3 Å². The largest absolute Gasteiger partial charge is 0.396 e. The van der Waals surface area contributed by atoms with Gasteiger partial charge in [0.05, 0.1) is 0 Å². The highest BCUT2D eigenvalue weighted by atomic mass is 16.3. The van der Waals surface area contributed by atoms with Gasteiger partial charge in [0.25, 0.3) is 5.91 Å². The molecule has 2 aliphatic heterocycles. The average molecular weight is 351 g/mol. The van der Waals surface area contributed by atoms with Crippen LogP contribution in [0.4, 0.5) is 11.5 Å². The predicted molar refractivity (Wildman–Crippen MR) is 102 cm³/mol. The molecule has 2 aromatic rings. The number of pyridine rings is 1. The molecule has 1 unspecified atom stereocenters. The van der Waals surface area contributed by atoms with Gasteiger partial charge in [0.15, 0.2) is 0 Å². The van der Waals surface area contributed by atoms with Crippen LogP contribution >= 0.6 is 0 Å². The van der Waals surface area contributed by atoms with E-state index in [0.29, 0.717) is 12.0 Å². The van der Waals surface area contributed by atoms with E-state index in [4.69, 9.17) is 0 Å². The second-order valence-electron chi connectivity index (χ2n) is 7.09. The zero-order valence-corrected chi connectivity index (χ0v) is 15.0. The molecule has 1 fully saturated rings. The van der Waals surface area contributed by atoms with Crippen molar-refractivity contribution < 1.29 is 9.90 Å². The van der Waals surface area contributed by atoms with Crippen LogP contribution in [0.3, 0.4) is 0 Å². The highest BCUT2D eigenvalue weighted by Gasteiger charge is 2.28. The van der Waals surface area contributed by atoms with Crippen molar-refractivity contribution in [3.05, 3.63) is 53.7 Å². The summed E-state index contributed by atoms with van der Waals surface area (Å²) in [5, 5.41) is 9.31. The maximum Gasteiger partial charge on any atom is 0.254 e. The smallest absolute Gasteiger partial charge is 0.254 e. The van der Waals surface area contributed by atoms with Gasteiger partial charge in [-0.15, -0.1) is 0 Å². The number of rotatable bonds is 4. The molecule has 4 rings (SSSR count). The molecular formula is C21H25N3O2. The molecule has 0 spiro atoms. The van der Waals surface area contributed by atoms with E-state index in [1.165, 1.54) is 11.3 Å². The summed E-state index contributed by atoms with van der Waals surface area (Å²) in [6, 6.07) is 12.2. The number of anilines is 2. The summed E-state index contributed by atoms with van der Waals surface area (Å²) in [5.74, 6) is 0.885. The Morgan fingerprint density at radius 1 is 1.19 bits per heavy atom. The molecule has 0 bridgehead atoms. The zero-order valence-electron chi connectivity index (χ0n) is 15.0. The number of carbonyl (C=O) groups excluding carboxylic acids is 1. The van der Waals surface area contributed by atoms with Gasteiger partial charge in [-0.05, 0) is 55.9 Å². The number of benzene rings is 1. The minimum absolute atomic E-state index is 0.0549. The first kappa shape index (κ1) is 17.0. The summed E-state index contributed by atoms with van der Waals surface area (Å²) in [6.45, 7) is 1.79. The quantitative estimate of drug-likeness (QED) is 0.919. The summed E-state index contributed by atoms with van der Waals surface area (Å²) in [5.41, 5.74) is 3.19. The summed E-state index contributed by atoms with van der Waals surface area (Å²) in [4.78, 5) is 21.7. The SMILES string of the molecule is O=C(c1ccnc(N2CCc3ccccc32)c1)N1CCCCC1CCO. The van der Waals surface area contributed by atoms with E-state index < -0.39 is 0 Å². The molecule has 5 nitrogen and oxygen atoms in total. The first-order chi connectivity index (χ1) is 12.8. The van der Waals surface area contributed by atoms with Crippen molar-refractivity contribution in [1.29, 1.82) is 0 Å². The Labute approximate surface area is 154 Å². The van der Waals surface area contributed by atoms with Crippen molar-refractivity contribution in [2.75, 3.05) is 24.6 Å². The number of aliphatic hydroxyl groups excluding tert-OH is 1. The van der Waals surface area contributed by atoms with Gasteiger partial charge in [-0.25, -0.2) is 4.98 Å². The van der Waals surface area contributed by atoms with Crippen molar-refractivity contribution in [3.8, 4) is 0 Å². The van der Waals surface area contributed by atoms with Crippen LogP contribution in [-0.4, -0.2) is 46.6 Å². The van der Waals surface area contributed by atoms with Crippen molar-refractivity contribution in [3.63, 3.8) is 0 Å². The number of carbonyl (C=O) groups is 1. The number of amides is 1. The molecule has 1 atom stereocenters. The Balaban J connectivity index is 1.59. The first-order valence-corrected chi connectivity index (χ1v) is 9.51. The fraction of sp³-hybridized carbons (Fsp3) is 0.429. The van der Waals surface area contributed by atoms with E-state index in [-0.39, 0.29) is 18.6 Å². The molecule has 0 saturated carbocycles. The van der Waals surface area contributed by atoms with Gasteiger partial charge in [0, 0.05) is 43.2 Å². The minimum Gasteiger partial charge on any atom is -0.396 e. The molecule has 1 aromatic heterocycles. The second kappa shape index (κ2) is 7.46. The predicted octanol–water partition coefficient (Wildman–Crippen LogP) is 3.15. The van der Waals surface area contributed by atoms with Crippen LogP contribution in [0.1, 0.15) is 41.6 Å². The molecule has 136 valence electrons. The summed E-state index contributed by atoms with van der Waals surface area (Å²) >= 11 is 0. The number of hydrogen-bond acceptors (Lipinski definition) is 4. The Hall–Kier alpha value is -2.40. The second-order valence-corrected chi connectivity index (χ2v) is 7.09. The van der Waals surface area contributed by atoms with E-state index >= 15 is 0 Å². The molecular weight excluding hydrogens is 326 g/mol. The number of likely N-dealkylation sites (tertiary alicyclic amines) is 1. The van der Waals surface area contributed by atoms with Gasteiger partial charge in [0.2, 0.25) is 0 Å². The Morgan fingerprint density at radius 2 is 2.08 bits per heavy atom. The van der Waals surface area contributed by atoms with Gasteiger partial charge in [-0.1, -0.05) is 18.2 Å². The lowest BCUT2D eigenvalue weighted by Crippen LogP contribution is -2.44. The summed E-state index contributed by atoms with van der Waals surface area (Å²) in [7, 11) is 0. The Kier molecular flexibility index (Phi) is 4.89. The Bertz CT molecular complexity index is 790. The van der Waals surface area contributed by atoms with Crippen LogP contribution in [0.25, 0.3) is 0 Å². The van der Waals surface area contributed by atoms with Crippen LogP contribution in [0.5, 0.6) is 0 Å². The van der Waals surface area contributed by atoms with Crippen molar-refractivity contribution in [2.24, 2.45) is 0 Å². The number of hydrogen-bond donors (Lipinski definition) is 1. The molecule has 0 aliphatic carbocycles. The third-order valence-electron chi connectivity index (χ3n) is 5.51. The van der Waals surface area contributed by atoms with Crippen molar-refractivity contribution in [2.45, 2.75) is 38.1 Å². The van der Waals surface area contributed by atoms with Gasteiger partial charge in [-0.3, -0.25) is 4.79 Å². The third-order valence-corrected chi connectivity index (χ3v) is 5.51. The van der Waals surface area contributed by atoms with Gasteiger partial charge in [-0.2, -0.15) is 0 Å². The number of aliphatic hydroxyl groups is 1. The molecule has 3 heterocycles. The molecule has 1 saturated heterocycles. The van der Waals surface area contributed by atoms with E-state index in [0.717, 1.165) is 44.6 Å². The lowest BCUT2D eigenvalue weighted by Gasteiger charge is -2.35. The van der Waals surface area contributed by atoms with E-state index in [9.17, 15) is 9.90 Å². The normalized spacial score (nSPS) is 19.5. The minimum atomic E-state index is 0.0549. The molecule has 0 radical (unpaired) electrons. The summed E-state index contributed by atoms with van der Waals surface area (Å²) in [6.07, 6.45) is 6.52. The number of aromatic nitrogens is 1. The standard InChI is InChI=1S/C21H25N3O2/c25-14-10-18-6-3-4-12-23(18)21(26)17-8-11-22-20(15-17)24-13-9-16-5-1-2-7-19(16)24/h1-2,5,7-8,11,15,18,25H,3-4,6,9-10,12-14H2. The van der Waals surface area contributed by atoms with Gasteiger partial charge in [0.1, 0.15) is 5.82 Å². The van der Waals surface area contributed by atoms with Crippen LogP contribution in [0, 0.1) is 0 Å². The molecule has 1 aromatic carbocycles. The average Bonchev–Trinajstić information content (AvgIpc) is 3.12. The zero-order chi connectivity index (χ0) is 17.9. The fourth-order valence-electron chi connectivity index (χ4n) is 4.16. The van der Waals surface area contributed by atoms with Crippen LogP contribution in [0.15, 0.2) is 42.6 Å². The summed E-state index contributed by atoms with van der Waals surface area (Å²) < 4.78 is 0. The molecule has 26 heavy (non-hydrogen) atoms. The third kappa shape index (κ3) is 3.19. The lowest BCUT2D eigenvalue weighted by atomic mass is 9.98. The molecule has 1 amide bonds. The highest BCUT2D eigenvalue weighted by molar-refractivity contribution is 5.95. The van der Waals surface area contributed by atoms with Crippen LogP contribution < -0.4 is 4.90 Å². The maximum atomic E-state index is 13.1. The number of piperidine rings is 1. The molecule has 2 aliphatic rings. The maximum absolute atomic E-state index is 13.1. The topological polar surface area (TPSA) is 56.7 Å². The van der Waals surface area contributed by atoms with E-state index in [1.807, 2.05) is 17.0 Å². The van der Waals surface area contributed by atoms with Gasteiger partial charge >= 0.3 is 0 Å². The highest BCUT2D eigenvalue weighted by Crippen LogP contribution is 2.33. The van der Waals surface area contributed by atoms with Gasteiger partial charge < -0.3 is 14.9 Å². The lowest BCUT2D eigenvalue weighted by molar-refractivity contribution is 0.0574. The first-order valence-electron chi connectivity index (χ1n) is 9.51. The number of para-hydroxylation sites is 1.